The SMILES string of the molecule is CC(C)(C)OC(=O)NCCC(=O)Nc1ccc(CNC(=O)c2ccc(N)cc2)cc1. The number of nitrogens with one attached hydrogen (secondary N) is 3. The lowest BCUT2D eigenvalue weighted by atomic mass is 10.1. The largest absolute Gasteiger partial charge is 0.444 e. The van der Waals surface area contributed by atoms with Crippen LogP contribution in [0.3, 0.4) is 0 Å². The first-order valence-corrected chi connectivity index (χ1v) is 9.62. The Morgan fingerprint density at radius 3 is 2.17 bits per heavy atom. The normalized spacial score (nSPS) is 10.8. The molecule has 3 amide bonds. The summed E-state index contributed by atoms with van der Waals surface area (Å²) in [6.07, 6.45) is -0.431. The molecule has 0 atom stereocenters. The summed E-state index contributed by atoms with van der Waals surface area (Å²) in [5.41, 5.74) is 7.70. The van der Waals surface area contributed by atoms with Gasteiger partial charge in [-0.25, -0.2) is 4.79 Å². The number of hydrogen-bond acceptors (Lipinski definition) is 5. The Hall–Kier alpha value is -3.55. The molecule has 2 aromatic rings. The summed E-state index contributed by atoms with van der Waals surface area (Å²) in [6.45, 7) is 5.85. The van der Waals surface area contributed by atoms with Gasteiger partial charge in [-0.15, -0.1) is 0 Å². The van der Waals surface area contributed by atoms with Gasteiger partial charge in [0.25, 0.3) is 5.91 Å². The van der Waals surface area contributed by atoms with E-state index >= 15 is 0 Å². The predicted octanol–water partition coefficient (Wildman–Crippen LogP) is 3.05. The molecule has 0 unspecified atom stereocenters. The van der Waals surface area contributed by atoms with E-state index in [2.05, 4.69) is 16.0 Å². The number of benzene rings is 2. The molecular formula is C22H28N4O4. The molecule has 0 saturated carbocycles. The van der Waals surface area contributed by atoms with Gasteiger partial charge in [0.05, 0.1) is 0 Å². The fourth-order valence-corrected chi connectivity index (χ4v) is 2.44. The minimum atomic E-state index is -0.581. The van der Waals surface area contributed by atoms with Crippen molar-refractivity contribution >= 4 is 29.3 Å². The second kappa shape index (κ2) is 10.3. The van der Waals surface area contributed by atoms with Crippen LogP contribution < -0.4 is 21.7 Å². The molecule has 0 aromatic heterocycles. The Balaban J connectivity index is 1.73. The molecule has 8 heteroatoms. The Kier molecular flexibility index (Phi) is 7.80. The van der Waals surface area contributed by atoms with Gasteiger partial charge in [-0.3, -0.25) is 9.59 Å². The number of rotatable bonds is 7. The number of amides is 3. The zero-order valence-electron chi connectivity index (χ0n) is 17.5. The molecule has 30 heavy (non-hydrogen) atoms. The molecular weight excluding hydrogens is 384 g/mol. The van der Waals surface area contributed by atoms with E-state index in [-0.39, 0.29) is 24.8 Å². The van der Waals surface area contributed by atoms with Crippen molar-refractivity contribution < 1.29 is 19.1 Å². The molecule has 2 rings (SSSR count). The van der Waals surface area contributed by atoms with Gasteiger partial charge >= 0.3 is 6.09 Å². The number of nitrogen functional groups attached to an aromatic ring is 1. The Morgan fingerprint density at radius 1 is 0.933 bits per heavy atom. The van der Waals surface area contributed by atoms with Gasteiger partial charge in [0.1, 0.15) is 5.60 Å². The lowest BCUT2D eigenvalue weighted by Gasteiger charge is -2.19. The van der Waals surface area contributed by atoms with Crippen molar-refractivity contribution in [2.24, 2.45) is 0 Å². The maximum absolute atomic E-state index is 12.1. The highest BCUT2D eigenvalue weighted by Crippen LogP contribution is 2.11. The van der Waals surface area contributed by atoms with Gasteiger partial charge in [-0.1, -0.05) is 12.1 Å². The molecule has 160 valence electrons. The summed E-state index contributed by atoms with van der Waals surface area (Å²) in [4.78, 5) is 35.7. The first kappa shape index (κ1) is 22.7. The highest BCUT2D eigenvalue weighted by Gasteiger charge is 2.15. The third kappa shape index (κ3) is 8.22. The van der Waals surface area contributed by atoms with Crippen molar-refractivity contribution in [3.63, 3.8) is 0 Å². The topological polar surface area (TPSA) is 123 Å². The highest BCUT2D eigenvalue weighted by atomic mass is 16.6. The number of ether oxygens (including phenoxy) is 1. The summed E-state index contributed by atoms with van der Waals surface area (Å²) in [5.74, 6) is -0.416. The molecule has 5 N–H and O–H groups in total. The average molecular weight is 412 g/mol. The summed E-state index contributed by atoms with van der Waals surface area (Å²) < 4.78 is 5.11. The fourth-order valence-electron chi connectivity index (χ4n) is 2.44. The van der Waals surface area contributed by atoms with E-state index in [0.29, 0.717) is 23.5 Å². The Labute approximate surface area is 176 Å². The van der Waals surface area contributed by atoms with E-state index < -0.39 is 11.7 Å². The Bertz CT molecular complexity index is 872. The fraction of sp³-hybridized carbons (Fsp3) is 0.318. The van der Waals surface area contributed by atoms with Crippen LogP contribution in [0.4, 0.5) is 16.2 Å². The quantitative estimate of drug-likeness (QED) is 0.521. The Morgan fingerprint density at radius 2 is 1.57 bits per heavy atom. The third-order valence-electron chi connectivity index (χ3n) is 3.88. The van der Waals surface area contributed by atoms with E-state index in [9.17, 15) is 14.4 Å². The number of nitrogens with two attached hydrogens (primary N) is 1. The van der Waals surface area contributed by atoms with E-state index in [0.717, 1.165) is 5.56 Å². The minimum Gasteiger partial charge on any atom is -0.444 e. The van der Waals surface area contributed by atoms with Crippen LogP contribution in [0.5, 0.6) is 0 Å². The zero-order chi connectivity index (χ0) is 22.1. The summed E-state index contributed by atoms with van der Waals surface area (Å²) in [7, 11) is 0. The maximum atomic E-state index is 12.1. The predicted molar refractivity (Wildman–Crippen MR) is 116 cm³/mol. The van der Waals surface area contributed by atoms with Crippen LogP contribution in [0.25, 0.3) is 0 Å². The number of alkyl carbamates (subject to hydrolysis) is 1. The zero-order valence-corrected chi connectivity index (χ0v) is 17.5. The van der Waals surface area contributed by atoms with Crippen LogP contribution in [0.2, 0.25) is 0 Å². The van der Waals surface area contributed by atoms with Gasteiger partial charge < -0.3 is 26.4 Å². The molecule has 0 aliphatic heterocycles. The third-order valence-corrected chi connectivity index (χ3v) is 3.88. The van der Waals surface area contributed by atoms with E-state index in [1.807, 2.05) is 12.1 Å². The second-order valence-electron chi connectivity index (χ2n) is 7.73. The number of anilines is 2. The molecule has 8 nitrogen and oxygen atoms in total. The number of carbonyl (C=O) groups is 3. The molecule has 0 spiro atoms. The van der Waals surface area contributed by atoms with Crippen LogP contribution in [0.1, 0.15) is 43.1 Å². The first-order valence-electron chi connectivity index (χ1n) is 9.62. The smallest absolute Gasteiger partial charge is 0.407 e. The van der Waals surface area contributed by atoms with Crippen molar-refractivity contribution in [3.8, 4) is 0 Å². The average Bonchev–Trinajstić information content (AvgIpc) is 2.66. The molecule has 0 bridgehead atoms. The molecule has 2 aromatic carbocycles. The van der Waals surface area contributed by atoms with Crippen molar-refractivity contribution in [1.29, 1.82) is 0 Å². The summed E-state index contributed by atoms with van der Waals surface area (Å²) in [6, 6.07) is 13.8. The minimum absolute atomic E-state index is 0.124. The van der Waals surface area contributed by atoms with E-state index in [1.165, 1.54) is 0 Å². The van der Waals surface area contributed by atoms with Crippen LogP contribution in [-0.4, -0.2) is 30.1 Å². The standard InChI is InChI=1S/C22H28N4O4/c1-22(2,3)30-21(29)24-13-12-19(27)26-18-10-4-15(5-11-18)14-25-20(28)16-6-8-17(23)9-7-16/h4-11H,12-14,23H2,1-3H3,(H,24,29)(H,25,28)(H,26,27). The molecule has 0 heterocycles. The molecule has 0 aliphatic carbocycles. The van der Waals surface area contributed by atoms with E-state index in [1.54, 1.807) is 57.2 Å². The summed E-state index contributed by atoms with van der Waals surface area (Å²) in [5, 5.41) is 8.13. The van der Waals surface area contributed by atoms with Crippen molar-refractivity contribution in [2.75, 3.05) is 17.6 Å². The molecule has 0 saturated heterocycles. The lowest BCUT2D eigenvalue weighted by Crippen LogP contribution is -2.34. The maximum Gasteiger partial charge on any atom is 0.407 e. The number of hydrogen-bond donors (Lipinski definition) is 4. The van der Waals surface area contributed by atoms with Crippen molar-refractivity contribution in [1.82, 2.24) is 10.6 Å². The summed E-state index contributed by atoms with van der Waals surface area (Å²) >= 11 is 0. The molecule has 0 aliphatic rings. The van der Waals surface area contributed by atoms with E-state index in [4.69, 9.17) is 10.5 Å². The molecule has 0 fully saturated rings. The van der Waals surface area contributed by atoms with Gasteiger partial charge in [0.2, 0.25) is 5.91 Å². The molecule has 0 radical (unpaired) electrons. The number of carbonyl (C=O) groups excluding carboxylic acids is 3. The second-order valence-corrected chi connectivity index (χ2v) is 7.73. The monoisotopic (exact) mass is 412 g/mol. The van der Waals surface area contributed by atoms with Crippen LogP contribution in [0, 0.1) is 0 Å². The van der Waals surface area contributed by atoms with Gasteiger partial charge in [-0.05, 0) is 62.7 Å². The lowest BCUT2D eigenvalue weighted by molar-refractivity contribution is -0.116. The van der Waals surface area contributed by atoms with Crippen LogP contribution in [-0.2, 0) is 16.1 Å². The van der Waals surface area contributed by atoms with Gasteiger partial charge in [-0.2, -0.15) is 0 Å². The van der Waals surface area contributed by atoms with Crippen LogP contribution >= 0.6 is 0 Å². The first-order chi connectivity index (χ1) is 14.1. The van der Waals surface area contributed by atoms with Gasteiger partial charge in [0, 0.05) is 36.4 Å². The van der Waals surface area contributed by atoms with Gasteiger partial charge in [0.15, 0.2) is 0 Å². The van der Waals surface area contributed by atoms with Crippen molar-refractivity contribution in [2.45, 2.75) is 39.3 Å². The highest BCUT2D eigenvalue weighted by molar-refractivity contribution is 5.94. The van der Waals surface area contributed by atoms with Crippen molar-refractivity contribution in [3.05, 3.63) is 59.7 Å². The van der Waals surface area contributed by atoms with Crippen LogP contribution in [0.15, 0.2) is 48.5 Å².